The van der Waals surface area contributed by atoms with Crippen molar-refractivity contribution in [3.05, 3.63) is 35.4 Å². The van der Waals surface area contributed by atoms with Crippen molar-refractivity contribution in [2.75, 3.05) is 0 Å². The van der Waals surface area contributed by atoms with E-state index in [9.17, 15) is 4.79 Å². The third-order valence-electron chi connectivity index (χ3n) is 2.77. The summed E-state index contributed by atoms with van der Waals surface area (Å²) in [5.41, 5.74) is 8.76. The van der Waals surface area contributed by atoms with Gasteiger partial charge in [0.2, 0.25) is 0 Å². The van der Waals surface area contributed by atoms with E-state index in [0.717, 1.165) is 25.0 Å². The molecule has 0 saturated carbocycles. The Hall–Kier alpha value is -1.97. The molecule has 0 aromatic heterocycles. The lowest BCUT2D eigenvalue weighted by atomic mass is 10.0. The molecular formula is C15H21N3O. The fourth-order valence-electron chi connectivity index (χ4n) is 1.60. The van der Waals surface area contributed by atoms with E-state index in [2.05, 4.69) is 48.3 Å². The van der Waals surface area contributed by atoms with Crippen molar-refractivity contribution in [2.45, 2.75) is 40.0 Å². The van der Waals surface area contributed by atoms with Gasteiger partial charge in [-0.25, -0.2) is 0 Å². The maximum absolute atomic E-state index is 10.9. The second-order valence-corrected chi connectivity index (χ2v) is 4.63. The Labute approximate surface area is 114 Å². The molecule has 0 aliphatic heterocycles. The van der Waals surface area contributed by atoms with Crippen LogP contribution in [0.5, 0.6) is 0 Å². The molecule has 0 aliphatic rings. The zero-order valence-electron chi connectivity index (χ0n) is 11.8. The lowest BCUT2D eigenvalue weighted by molar-refractivity contribution is -0.112. The van der Waals surface area contributed by atoms with Gasteiger partial charge in [0.25, 0.3) is 5.91 Å². The number of nitrogens with zero attached hydrogens (tertiary/aromatic N) is 2. The molecule has 2 N–H and O–H groups in total. The van der Waals surface area contributed by atoms with Crippen LogP contribution in [0.25, 0.3) is 0 Å². The van der Waals surface area contributed by atoms with E-state index in [1.807, 2.05) is 0 Å². The van der Waals surface area contributed by atoms with Crippen LogP contribution in [0, 0.1) is 6.92 Å². The summed E-state index contributed by atoms with van der Waals surface area (Å²) in [6.45, 7) is 5.72. The zero-order valence-corrected chi connectivity index (χ0v) is 11.8. The van der Waals surface area contributed by atoms with E-state index in [1.54, 1.807) is 6.92 Å². The lowest BCUT2D eigenvalue weighted by Gasteiger charge is -2.04. The average Bonchev–Trinajstić information content (AvgIpc) is 2.38. The van der Waals surface area contributed by atoms with Gasteiger partial charge in [-0.2, -0.15) is 10.2 Å². The van der Waals surface area contributed by atoms with Gasteiger partial charge in [-0.05, 0) is 25.8 Å². The van der Waals surface area contributed by atoms with Crippen LogP contribution < -0.4 is 5.73 Å². The minimum absolute atomic E-state index is 0.234. The molecule has 4 nitrogen and oxygen atoms in total. The Morgan fingerprint density at radius 2 is 1.84 bits per heavy atom. The Kier molecular flexibility index (Phi) is 5.93. The topological polar surface area (TPSA) is 67.8 Å². The summed E-state index contributed by atoms with van der Waals surface area (Å²) < 4.78 is 0. The molecule has 4 heteroatoms. The number of benzene rings is 1. The van der Waals surface area contributed by atoms with Crippen LogP contribution in [0.4, 0.5) is 0 Å². The van der Waals surface area contributed by atoms with Crippen molar-refractivity contribution in [3.8, 4) is 0 Å². The Morgan fingerprint density at radius 3 is 2.37 bits per heavy atom. The summed E-state index contributed by atoms with van der Waals surface area (Å²) in [5.74, 6) is -0.532. The number of amides is 1. The average molecular weight is 259 g/mol. The highest BCUT2D eigenvalue weighted by molar-refractivity contribution is 6.37. The summed E-state index contributed by atoms with van der Waals surface area (Å²) in [6, 6.07) is 8.34. The number of carbonyl (C=O) groups excluding carboxylic acids is 1. The van der Waals surface area contributed by atoms with Crippen LogP contribution in [0.15, 0.2) is 34.5 Å². The van der Waals surface area contributed by atoms with E-state index in [1.165, 1.54) is 11.1 Å². The minimum atomic E-state index is -0.532. The fraction of sp³-hybridized carbons (Fsp3) is 0.400. The molecule has 0 aliphatic carbocycles. The maximum Gasteiger partial charge on any atom is 0.264 e. The van der Waals surface area contributed by atoms with Gasteiger partial charge in [-0.1, -0.05) is 43.2 Å². The molecule has 102 valence electrons. The third-order valence-corrected chi connectivity index (χ3v) is 2.77. The predicted molar refractivity (Wildman–Crippen MR) is 79.5 cm³/mol. The van der Waals surface area contributed by atoms with Crippen molar-refractivity contribution >= 4 is 17.3 Å². The van der Waals surface area contributed by atoms with Crippen molar-refractivity contribution in [2.24, 2.45) is 15.9 Å². The lowest BCUT2D eigenvalue weighted by Crippen LogP contribution is -2.20. The van der Waals surface area contributed by atoms with Crippen LogP contribution in [0.3, 0.4) is 0 Å². The number of carbonyl (C=O) groups is 1. The molecule has 0 heterocycles. The number of aryl methyl sites for hydroxylation is 1. The van der Waals surface area contributed by atoms with E-state index >= 15 is 0 Å². The van der Waals surface area contributed by atoms with Gasteiger partial charge >= 0.3 is 0 Å². The highest BCUT2D eigenvalue weighted by Gasteiger charge is 2.02. The smallest absolute Gasteiger partial charge is 0.264 e. The highest BCUT2D eigenvalue weighted by atomic mass is 16.1. The molecule has 1 rings (SSSR count). The molecule has 1 amide bonds. The molecule has 1 aromatic rings. The normalized spacial score (nSPS) is 12.6. The van der Waals surface area contributed by atoms with Crippen molar-refractivity contribution in [3.63, 3.8) is 0 Å². The second-order valence-electron chi connectivity index (χ2n) is 4.63. The first-order chi connectivity index (χ1) is 9.02. The molecule has 1 aromatic carbocycles. The highest BCUT2D eigenvalue weighted by Crippen LogP contribution is 2.07. The Morgan fingerprint density at radius 1 is 1.21 bits per heavy atom. The van der Waals surface area contributed by atoms with E-state index in [4.69, 9.17) is 5.73 Å². The number of primary amides is 1. The third kappa shape index (κ3) is 5.46. The second kappa shape index (κ2) is 7.46. The van der Waals surface area contributed by atoms with Gasteiger partial charge in [-0.15, -0.1) is 0 Å². The largest absolute Gasteiger partial charge is 0.364 e. The number of rotatable bonds is 6. The predicted octanol–water partition coefficient (Wildman–Crippen LogP) is 2.64. The molecule has 0 saturated heterocycles. The fourth-order valence-corrected chi connectivity index (χ4v) is 1.60. The zero-order chi connectivity index (χ0) is 14.3. The van der Waals surface area contributed by atoms with Crippen LogP contribution in [0.1, 0.15) is 37.8 Å². The number of hydrogen-bond acceptors (Lipinski definition) is 3. The van der Waals surface area contributed by atoms with Crippen LogP contribution in [-0.2, 0) is 11.2 Å². The SMILES string of the molecule is CCC/C(Cc1ccc(C)cc1)=N\N=C(/C)C(N)=O. The Balaban J connectivity index is 2.83. The summed E-state index contributed by atoms with van der Waals surface area (Å²) in [4.78, 5) is 10.9. The standard InChI is InChI=1S/C15H21N3O/c1-4-5-14(18-17-12(3)15(16)19)10-13-8-6-11(2)7-9-13/h6-9H,4-5,10H2,1-3H3,(H2,16,19)/b17-12+,18-14+. The molecule has 19 heavy (non-hydrogen) atoms. The van der Waals surface area contributed by atoms with E-state index < -0.39 is 5.91 Å². The van der Waals surface area contributed by atoms with Crippen LogP contribution in [-0.4, -0.2) is 17.3 Å². The van der Waals surface area contributed by atoms with Gasteiger partial charge in [0.05, 0.1) is 0 Å². The van der Waals surface area contributed by atoms with Crippen molar-refractivity contribution in [1.29, 1.82) is 0 Å². The first kappa shape index (κ1) is 15.1. The quantitative estimate of drug-likeness (QED) is 0.619. The van der Waals surface area contributed by atoms with Gasteiger partial charge in [0, 0.05) is 12.1 Å². The van der Waals surface area contributed by atoms with Gasteiger partial charge < -0.3 is 5.73 Å². The molecule has 0 atom stereocenters. The number of hydrogen-bond donors (Lipinski definition) is 1. The molecule has 0 fully saturated rings. The van der Waals surface area contributed by atoms with Gasteiger partial charge in [0.15, 0.2) is 0 Å². The molecule has 0 radical (unpaired) electrons. The maximum atomic E-state index is 10.9. The minimum Gasteiger partial charge on any atom is -0.364 e. The van der Waals surface area contributed by atoms with Crippen LogP contribution in [0.2, 0.25) is 0 Å². The summed E-state index contributed by atoms with van der Waals surface area (Å²) in [5, 5.41) is 8.04. The summed E-state index contributed by atoms with van der Waals surface area (Å²) in [7, 11) is 0. The van der Waals surface area contributed by atoms with Crippen molar-refractivity contribution in [1.82, 2.24) is 0 Å². The van der Waals surface area contributed by atoms with E-state index in [-0.39, 0.29) is 5.71 Å². The van der Waals surface area contributed by atoms with Crippen LogP contribution >= 0.6 is 0 Å². The Bertz CT molecular complexity index is 487. The number of nitrogens with two attached hydrogens (primary N) is 1. The molecule has 0 spiro atoms. The van der Waals surface area contributed by atoms with E-state index in [0.29, 0.717) is 0 Å². The monoisotopic (exact) mass is 259 g/mol. The first-order valence-electron chi connectivity index (χ1n) is 6.48. The van der Waals surface area contributed by atoms with Gasteiger partial charge in [0.1, 0.15) is 5.71 Å². The van der Waals surface area contributed by atoms with Gasteiger partial charge in [-0.3, -0.25) is 4.79 Å². The summed E-state index contributed by atoms with van der Waals surface area (Å²) >= 11 is 0. The molecular weight excluding hydrogens is 238 g/mol. The first-order valence-corrected chi connectivity index (χ1v) is 6.48. The molecule has 0 unspecified atom stereocenters. The summed E-state index contributed by atoms with van der Waals surface area (Å²) in [6.07, 6.45) is 2.61. The molecule has 0 bridgehead atoms. The van der Waals surface area contributed by atoms with Crippen molar-refractivity contribution < 1.29 is 4.79 Å².